The number of alkyl halides is 3. The Kier molecular flexibility index (Phi) is 4.83. The van der Waals surface area contributed by atoms with Gasteiger partial charge in [-0.25, -0.2) is 0 Å². The van der Waals surface area contributed by atoms with E-state index in [1.165, 1.54) is 12.1 Å². The van der Waals surface area contributed by atoms with E-state index in [0.717, 1.165) is 5.56 Å². The molecule has 1 aromatic carbocycles. The number of likely N-dealkylation sites (tertiary alicyclic amines) is 1. The van der Waals surface area contributed by atoms with Gasteiger partial charge in [-0.15, -0.1) is 0 Å². The van der Waals surface area contributed by atoms with Crippen molar-refractivity contribution in [1.82, 2.24) is 4.90 Å². The molecule has 0 aromatic heterocycles. The summed E-state index contributed by atoms with van der Waals surface area (Å²) in [6, 6.07) is 6.21. The average Bonchev–Trinajstić information content (AvgIpc) is 2.71. The predicted octanol–water partition coefficient (Wildman–Crippen LogP) is 3.45. The van der Waals surface area contributed by atoms with E-state index in [2.05, 4.69) is 0 Å². The Morgan fingerprint density at radius 1 is 1.33 bits per heavy atom. The maximum atomic E-state index is 12.2. The number of hydrogen-bond donors (Lipinski definition) is 1. The fraction of sp³-hybridized carbons (Fsp3) is 0.500. The van der Waals surface area contributed by atoms with Crippen LogP contribution in [0.2, 0.25) is 0 Å². The molecule has 0 bridgehead atoms. The highest BCUT2D eigenvalue weighted by atomic mass is 32.2. The molecule has 2 rings (SSSR count). The molecule has 1 heterocycles. The van der Waals surface area contributed by atoms with Gasteiger partial charge in [0.05, 0.1) is 5.92 Å². The van der Waals surface area contributed by atoms with Gasteiger partial charge in [0.1, 0.15) is 0 Å². The topological polar surface area (TPSA) is 40.5 Å². The lowest BCUT2D eigenvalue weighted by Crippen LogP contribution is -2.23. The molecule has 116 valence electrons. The van der Waals surface area contributed by atoms with Gasteiger partial charge in [0.2, 0.25) is 0 Å². The molecule has 1 N–H and O–H groups in total. The van der Waals surface area contributed by atoms with Crippen LogP contribution < -0.4 is 0 Å². The van der Waals surface area contributed by atoms with E-state index < -0.39 is 11.5 Å². The Balaban J connectivity index is 1.94. The van der Waals surface area contributed by atoms with Gasteiger partial charge in [-0.05, 0) is 35.4 Å². The molecule has 0 radical (unpaired) electrons. The van der Waals surface area contributed by atoms with Crippen molar-refractivity contribution in [1.29, 1.82) is 0 Å². The zero-order valence-electron chi connectivity index (χ0n) is 11.4. The third-order valence-corrected chi connectivity index (χ3v) is 4.31. The molecule has 1 fully saturated rings. The second-order valence-corrected chi connectivity index (χ2v) is 6.45. The summed E-state index contributed by atoms with van der Waals surface area (Å²) in [5.41, 5.74) is -3.39. The lowest BCUT2D eigenvalue weighted by molar-refractivity contribution is -0.142. The standard InChI is InChI=1S/C14H16F3NO2S/c1-9-6-18(8-12(9)13(19)20)7-10-2-4-11(5-3-10)21-14(15,16)17/h2-5,9,12H,6-8H2,1H3,(H,19,20)/t9-,12-/m1/s1. The van der Waals surface area contributed by atoms with Crippen molar-refractivity contribution < 1.29 is 23.1 Å². The van der Waals surface area contributed by atoms with Crippen LogP contribution in [0.4, 0.5) is 13.2 Å². The molecule has 1 saturated heterocycles. The first-order valence-electron chi connectivity index (χ1n) is 6.54. The minimum atomic E-state index is -4.28. The number of rotatable bonds is 4. The molecule has 1 aliphatic heterocycles. The minimum absolute atomic E-state index is 0.0857. The first kappa shape index (κ1) is 16.2. The summed E-state index contributed by atoms with van der Waals surface area (Å²) in [6.45, 7) is 3.64. The third kappa shape index (κ3) is 4.64. The number of carboxylic acid groups (broad SMARTS) is 1. The van der Waals surface area contributed by atoms with Crippen LogP contribution in [0.15, 0.2) is 29.2 Å². The fourth-order valence-electron chi connectivity index (χ4n) is 2.57. The second kappa shape index (κ2) is 6.27. The van der Waals surface area contributed by atoms with Gasteiger partial charge in [-0.3, -0.25) is 9.69 Å². The van der Waals surface area contributed by atoms with Crippen molar-refractivity contribution in [2.24, 2.45) is 11.8 Å². The summed E-state index contributed by atoms with van der Waals surface area (Å²) in [4.78, 5) is 13.2. The summed E-state index contributed by atoms with van der Waals surface area (Å²) in [6.07, 6.45) is 0. The highest BCUT2D eigenvalue weighted by molar-refractivity contribution is 8.00. The van der Waals surface area contributed by atoms with E-state index in [1.54, 1.807) is 12.1 Å². The van der Waals surface area contributed by atoms with Crippen molar-refractivity contribution in [3.05, 3.63) is 29.8 Å². The highest BCUT2D eigenvalue weighted by Gasteiger charge is 2.34. The monoisotopic (exact) mass is 319 g/mol. The Morgan fingerprint density at radius 2 is 1.95 bits per heavy atom. The van der Waals surface area contributed by atoms with Crippen molar-refractivity contribution >= 4 is 17.7 Å². The number of nitrogens with zero attached hydrogens (tertiary/aromatic N) is 1. The molecule has 3 nitrogen and oxygen atoms in total. The van der Waals surface area contributed by atoms with Gasteiger partial charge in [0.15, 0.2) is 0 Å². The van der Waals surface area contributed by atoms with Crippen molar-refractivity contribution in [3.8, 4) is 0 Å². The fourth-order valence-corrected chi connectivity index (χ4v) is 3.11. The first-order chi connectivity index (χ1) is 9.74. The van der Waals surface area contributed by atoms with Gasteiger partial charge >= 0.3 is 11.5 Å². The summed E-state index contributed by atoms with van der Waals surface area (Å²) in [5, 5.41) is 9.08. The van der Waals surface area contributed by atoms with Crippen LogP contribution in [-0.4, -0.2) is 34.6 Å². The number of carbonyl (C=O) groups is 1. The van der Waals surface area contributed by atoms with Crippen LogP contribution in [0, 0.1) is 11.8 Å². The summed E-state index contributed by atoms with van der Waals surface area (Å²) < 4.78 is 36.7. The Hall–Kier alpha value is -1.21. The van der Waals surface area contributed by atoms with Gasteiger partial charge in [-0.2, -0.15) is 13.2 Å². The van der Waals surface area contributed by atoms with E-state index in [1.807, 2.05) is 11.8 Å². The Morgan fingerprint density at radius 3 is 2.43 bits per heavy atom. The van der Waals surface area contributed by atoms with E-state index in [4.69, 9.17) is 5.11 Å². The number of hydrogen-bond acceptors (Lipinski definition) is 3. The highest BCUT2D eigenvalue weighted by Crippen LogP contribution is 2.36. The zero-order valence-corrected chi connectivity index (χ0v) is 12.2. The number of carboxylic acids is 1. The molecule has 7 heteroatoms. The van der Waals surface area contributed by atoms with Crippen LogP contribution in [0.1, 0.15) is 12.5 Å². The molecular formula is C14H16F3NO2S. The van der Waals surface area contributed by atoms with Crippen LogP contribution in [-0.2, 0) is 11.3 Å². The molecule has 0 spiro atoms. The second-order valence-electron chi connectivity index (χ2n) is 5.31. The van der Waals surface area contributed by atoms with Gasteiger partial charge in [0.25, 0.3) is 0 Å². The summed E-state index contributed by atoms with van der Waals surface area (Å²) in [5.74, 6) is -1.07. The summed E-state index contributed by atoms with van der Waals surface area (Å²) >= 11 is -0.134. The smallest absolute Gasteiger partial charge is 0.446 e. The number of benzene rings is 1. The van der Waals surface area contributed by atoms with Crippen molar-refractivity contribution in [2.75, 3.05) is 13.1 Å². The van der Waals surface area contributed by atoms with E-state index in [0.29, 0.717) is 19.6 Å². The normalized spacial score (nSPS) is 23.4. The molecule has 0 unspecified atom stereocenters. The number of aliphatic carboxylic acids is 1. The Labute approximate surface area is 125 Å². The van der Waals surface area contributed by atoms with Crippen LogP contribution >= 0.6 is 11.8 Å². The SMILES string of the molecule is C[C@@H]1CN(Cc2ccc(SC(F)(F)F)cc2)C[C@H]1C(=O)O. The average molecular weight is 319 g/mol. The van der Waals surface area contributed by atoms with E-state index >= 15 is 0 Å². The molecule has 0 saturated carbocycles. The molecule has 1 aliphatic rings. The van der Waals surface area contributed by atoms with Gasteiger partial charge < -0.3 is 5.11 Å². The molecule has 0 aliphatic carbocycles. The molecule has 2 atom stereocenters. The van der Waals surface area contributed by atoms with Crippen molar-refractivity contribution in [3.63, 3.8) is 0 Å². The lowest BCUT2D eigenvalue weighted by Gasteiger charge is -2.15. The molecule has 21 heavy (non-hydrogen) atoms. The molecular weight excluding hydrogens is 303 g/mol. The quantitative estimate of drug-likeness (QED) is 0.863. The largest absolute Gasteiger partial charge is 0.481 e. The number of halogens is 3. The maximum Gasteiger partial charge on any atom is 0.446 e. The minimum Gasteiger partial charge on any atom is -0.481 e. The number of thioether (sulfide) groups is 1. The zero-order chi connectivity index (χ0) is 15.6. The summed E-state index contributed by atoms with van der Waals surface area (Å²) in [7, 11) is 0. The molecule has 0 amide bonds. The van der Waals surface area contributed by atoms with Crippen LogP contribution in [0.5, 0.6) is 0 Å². The first-order valence-corrected chi connectivity index (χ1v) is 7.36. The third-order valence-electron chi connectivity index (χ3n) is 3.57. The molecule has 1 aromatic rings. The lowest BCUT2D eigenvalue weighted by atomic mass is 9.99. The van der Waals surface area contributed by atoms with E-state index in [9.17, 15) is 18.0 Å². The van der Waals surface area contributed by atoms with Gasteiger partial charge in [-0.1, -0.05) is 19.1 Å². The van der Waals surface area contributed by atoms with Crippen LogP contribution in [0.25, 0.3) is 0 Å². The van der Waals surface area contributed by atoms with Crippen LogP contribution in [0.3, 0.4) is 0 Å². The van der Waals surface area contributed by atoms with Gasteiger partial charge in [0, 0.05) is 24.5 Å². The predicted molar refractivity (Wildman–Crippen MR) is 73.9 cm³/mol. The maximum absolute atomic E-state index is 12.2. The van der Waals surface area contributed by atoms with Crippen molar-refractivity contribution in [2.45, 2.75) is 23.9 Å². The van der Waals surface area contributed by atoms with E-state index in [-0.39, 0.29) is 28.5 Å². The Bertz CT molecular complexity index is 504.